The molecule has 106 valence electrons. The van der Waals surface area contributed by atoms with Crippen molar-refractivity contribution in [2.45, 2.75) is 33.7 Å². The van der Waals surface area contributed by atoms with Crippen molar-refractivity contribution in [2.24, 2.45) is 0 Å². The molecule has 2 aromatic rings. The topological polar surface area (TPSA) is 70.7 Å². The van der Waals surface area contributed by atoms with Gasteiger partial charge in [-0.05, 0) is 39.3 Å². The van der Waals surface area contributed by atoms with Gasteiger partial charge in [0.2, 0.25) is 0 Å². The van der Waals surface area contributed by atoms with Gasteiger partial charge in [0.05, 0.1) is 23.0 Å². The average Bonchev–Trinajstić information content (AvgIpc) is 2.32. The molecular weight excluding hydrogens is 276 g/mol. The Hall–Kier alpha value is -1.88. The zero-order valence-corrected chi connectivity index (χ0v) is 12.7. The van der Waals surface area contributed by atoms with E-state index in [2.05, 4.69) is 20.3 Å². The van der Waals surface area contributed by atoms with Crippen LogP contribution in [0.1, 0.15) is 35.6 Å². The lowest BCUT2D eigenvalue weighted by Gasteiger charge is -2.17. The normalized spacial score (nSPS) is 12.2. The molecule has 1 unspecified atom stereocenters. The summed E-state index contributed by atoms with van der Waals surface area (Å²) in [6.07, 6.45) is 1.70. The van der Waals surface area contributed by atoms with Crippen molar-refractivity contribution in [3.05, 3.63) is 50.4 Å². The number of aromatic amines is 1. The van der Waals surface area contributed by atoms with Crippen molar-refractivity contribution in [1.29, 1.82) is 0 Å². The summed E-state index contributed by atoms with van der Waals surface area (Å²) in [5, 5.41) is 3.60. The van der Waals surface area contributed by atoms with Crippen LogP contribution in [-0.4, -0.2) is 15.0 Å². The van der Waals surface area contributed by atoms with Gasteiger partial charge in [0.25, 0.3) is 5.56 Å². The molecule has 20 heavy (non-hydrogen) atoms. The predicted molar refractivity (Wildman–Crippen MR) is 80.4 cm³/mol. The van der Waals surface area contributed by atoms with Gasteiger partial charge in [0.15, 0.2) is 5.15 Å². The summed E-state index contributed by atoms with van der Waals surface area (Å²) < 4.78 is 0. The third-order valence-corrected chi connectivity index (χ3v) is 3.35. The Morgan fingerprint density at radius 2 is 2.05 bits per heavy atom. The molecule has 2 rings (SSSR count). The molecule has 2 aromatic heterocycles. The van der Waals surface area contributed by atoms with E-state index >= 15 is 0 Å². The Labute approximate surface area is 122 Å². The fraction of sp³-hybridized carbons (Fsp3) is 0.357. The van der Waals surface area contributed by atoms with Gasteiger partial charge >= 0.3 is 0 Å². The second-order valence-corrected chi connectivity index (χ2v) is 5.23. The Morgan fingerprint density at radius 3 is 2.70 bits per heavy atom. The smallest absolute Gasteiger partial charge is 0.256 e. The maximum atomic E-state index is 12.1. The summed E-state index contributed by atoms with van der Waals surface area (Å²) >= 11 is 6.06. The van der Waals surface area contributed by atoms with Gasteiger partial charge in [0.1, 0.15) is 5.82 Å². The summed E-state index contributed by atoms with van der Waals surface area (Å²) in [4.78, 5) is 23.2. The van der Waals surface area contributed by atoms with E-state index in [1.165, 1.54) is 0 Å². The molecule has 0 bridgehead atoms. The van der Waals surface area contributed by atoms with Crippen LogP contribution in [0.25, 0.3) is 0 Å². The first kappa shape index (κ1) is 14.5. The standard InChI is InChI=1S/C14H17ClN4O/c1-7-5-11(13(15)16-6-7)18-9(3)12-8(2)17-10(4)19-14(12)20/h5-6,9,18H,1-4H3,(H,17,19,20). The number of anilines is 1. The molecule has 2 N–H and O–H groups in total. The minimum atomic E-state index is -0.215. The lowest BCUT2D eigenvalue weighted by molar-refractivity contribution is 0.813. The van der Waals surface area contributed by atoms with Gasteiger partial charge in [-0.3, -0.25) is 4.79 Å². The van der Waals surface area contributed by atoms with Gasteiger partial charge in [-0.2, -0.15) is 0 Å². The van der Waals surface area contributed by atoms with Crippen LogP contribution in [-0.2, 0) is 0 Å². The molecule has 0 aliphatic carbocycles. The minimum Gasteiger partial charge on any atom is -0.376 e. The van der Waals surface area contributed by atoms with E-state index in [0.29, 0.717) is 27.9 Å². The van der Waals surface area contributed by atoms with E-state index in [-0.39, 0.29) is 11.6 Å². The first-order chi connectivity index (χ1) is 9.38. The first-order valence-electron chi connectivity index (χ1n) is 6.34. The molecule has 0 aliphatic rings. The number of aryl methyl sites for hydroxylation is 3. The summed E-state index contributed by atoms with van der Waals surface area (Å²) in [6, 6.07) is 1.68. The number of rotatable bonds is 3. The molecule has 0 aliphatic heterocycles. The van der Waals surface area contributed by atoms with Crippen molar-refractivity contribution < 1.29 is 0 Å². The Balaban J connectivity index is 2.36. The second kappa shape index (κ2) is 5.63. The average molecular weight is 293 g/mol. The van der Waals surface area contributed by atoms with Crippen LogP contribution >= 0.6 is 11.6 Å². The number of nitrogens with one attached hydrogen (secondary N) is 2. The molecule has 0 aromatic carbocycles. The molecule has 0 radical (unpaired) electrons. The van der Waals surface area contributed by atoms with Crippen molar-refractivity contribution >= 4 is 17.3 Å². The number of hydrogen-bond donors (Lipinski definition) is 2. The van der Waals surface area contributed by atoms with E-state index in [9.17, 15) is 4.79 Å². The highest BCUT2D eigenvalue weighted by atomic mass is 35.5. The SMILES string of the molecule is Cc1cnc(Cl)c(NC(C)c2c(C)nc(C)[nH]c2=O)c1. The van der Waals surface area contributed by atoms with Gasteiger partial charge in [0, 0.05) is 6.20 Å². The van der Waals surface area contributed by atoms with Gasteiger partial charge < -0.3 is 10.3 Å². The highest BCUT2D eigenvalue weighted by Crippen LogP contribution is 2.24. The molecule has 1 atom stereocenters. The summed E-state index contributed by atoms with van der Waals surface area (Å²) in [6.45, 7) is 7.42. The number of pyridine rings is 1. The van der Waals surface area contributed by atoms with Crippen LogP contribution in [0.2, 0.25) is 5.15 Å². The maximum absolute atomic E-state index is 12.1. The van der Waals surface area contributed by atoms with Crippen molar-refractivity contribution in [3.63, 3.8) is 0 Å². The lowest BCUT2D eigenvalue weighted by Crippen LogP contribution is -2.23. The van der Waals surface area contributed by atoms with Crippen molar-refractivity contribution in [3.8, 4) is 0 Å². The quantitative estimate of drug-likeness (QED) is 0.853. The van der Waals surface area contributed by atoms with E-state index in [1.807, 2.05) is 26.8 Å². The molecule has 5 nitrogen and oxygen atoms in total. The van der Waals surface area contributed by atoms with Crippen LogP contribution in [0.4, 0.5) is 5.69 Å². The molecule has 0 saturated carbocycles. The zero-order chi connectivity index (χ0) is 14.9. The summed E-state index contributed by atoms with van der Waals surface area (Å²) in [5.74, 6) is 0.610. The Bertz CT molecular complexity index is 696. The van der Waals surface area contributed by atoms with Crippen LogP contribution in [0.15, 0.2) is 17.1 Å². The van der Waals surface area contributed by atoms with E-state index in [0.717, 1.165) is 5.56 Å². The van der Waals surface area contributed by atoms with Crippen LogP contribution in [0.3, 0.4) is 0 Å². The van der Waals surface area contributed by atoms with Crippen LogP contribution in [0, 0.1) is 20.8 Å². The second-order valence-electron chi connectivity index (χ2n) is 4.87. The highest BCUT2D eigenvalue weighted by Gasteiger charge is 2.16. The van der Waals surface area contributed by atoms with Crippen molar-refractivity contribution in [1.82, 2.24) is 15.0 Å². The lowest BCUT2D eigenvalue weighted by atomic mass is 10.1. The number of H-pyrrole nitrogens is 1. The molecular formula is C14H17ClN4O. The van der Waals surface area contributed by atoms with Crippen LogP contribution < -0.4 is 10.9 Å². The zero-order valence-electron chi connectivity index (χ0n) is 11.9. The van der Waals surface area contributed by atoms with Gasteiger partial charge in [-0.1, -0.05) is 11.6 Å². The van der Waals surface area contributed by atoms with Crippen molar-refractivity contribution in [2.75, 3.05) is 5.32 Å². The summed E-state index contributed by atoms with van der Waals surface area (Å²) in [7, 11) is 0. The fourth-order valence-corrected chi connectivity index (χ4v) is 2.36. The fourth-order valence-electron chi connectivity index (χ4n) is 2.20. The number of aromatic nitrogens is 3. The van der Waals surface area contributed by atoms with E-state index < -0.39 is 0 Å². The molecule has 0 fully saturated rings. The number of nitrogens with zero attached hydrogens (tertiary/aromatic N) is 2. The largest absolute Gasteiger partial charge is 0.376 e. The molecule has 0 amide bonds. The van der Waals surface area contributed by atoms with Gasteiger partial charge in [-0.25, -0.2) is 9.97 Å². The van der Waals surface area contributed by atoms with Gasteiger partial charge in [-0.15, -0.1) is 0 Å². The third-order valence-electron chi connectivity index (χ3n) is 3.05. The van der Waals surface area contributed by atoms with E-state index in [4.69, 9.17) is 11.6 Å². The highest BCUT2D eigenvalue weighted by molar-refractivity contribution is 6.31. The predicted octanol–water partition coefficient (Wildman–Crippen LogP) is 2.92. The third kappa shape index (κ3) is 2.99. The maximum Gasteiger partial charge on any atom is 0.256 e. The monoisotopic (exact) mass is 292 g/mol. The molecule has 0 spiro atoms. The Morgan fingerprint density at radius 1 is 1.35 bits per heavy atom. The van der Waals surface area contributed by atoms with Crippen LogP contribution in [0.5, 0.6) is 0 Å². The number of hydrogen-bond acceptors (Lipinski definition) is 4. The minimum absolute atomic E-state index is 0.133. The Kier molecular flexibility index (Phi) is 4.09. The molecule has 2 heterocycles. The first-order valence-corrected chi connectivity index (χ1v) is 6.72. The number of halogens is 1. The molecule has 6 heteroatoms. The summed E-state index contributed by atoms with van der Waals surface area (Å²) in [5.41, 5.74) is 2.89. The van der Waals surface area contributed by atoms with E-state index in [1.54, 1.807) is 13.1 Å². The molecule has 0 saturated heterocycles.